The van der Waals surface area contributed by atoms with Crippen molar-refractivity contribution in [1.82, 2.24) is 4.90 Å². The van der Waals surface area contributed by atoms with E-state index in [4.69, 9.17) is 0 Å². The average molecular weight is 378 g/mol. The highest BCUT2D eigenvalue weighted by atomic mass is 32.2. The summed E-state index contributed by atoms with van der Waals surface area (Å²) in [6, 6.07) is 4.20. The lowest BCUT2D eigenvalue weighted by atomic mass is 9.79. The Morgan fingerprint density at radius 1 is 1.08 bits per heavy atom. The van der Waals surface area contributed by atoms with Gasteiger partial charge in [0.05, 0.1) is 0 Å². The van der Waals surface area contributed by atoms with Crippen LogP contribution in [0.3, 0.4) is 0 Å². The predicted octanol–water partition coefficient (Wildman–Crippen LogP) is 5.34. The number of benzene rings is 1. The van der Waals surface area contributed by atoms with Crippen LogP contribution in [0.2, 0.25) is 0 Å². The van der Waals surface area contributed by atoms with Gasteiger partial charge in [-0.25, -0.2) is 0 Å². The smallest absolute Gasteiger partial charge is 0.226 e. The molecule has 0 radical (unpaired) electrons. The highest BCUT2D eigenvalue weighted by molar-refractivity contribution is 7.99. The maximum Gasteiger partial charge on any atom is 0.226 e. The number of carbonyl (C=O) groups is 1. The molecular weight excluding hydrogens is 342 g/mol. The molecule has 0 saturated carbocycles. The largest absolute Gasteiger partial charge is 0.507 e. The highest BCUT2D eigenvalue weighted by Gasteiger charge is 2.27. The first-order valence-electron chi connectivity index (χ1n) is 9.71. The van der Waals surface area contributed by atoms with E-state index in [-0.39, 0.29) is 22.7 Å². The summed E-state index contributed by atoms with van der Waals surface area (Å²) in [4.78, 5) is 15.7. The topological polar surface area (TPSA) is 40.5 Å². The van der Waals surface area contributed by atoms with Gasteiger partial charge in [0, 0.05) is 40.8 Å². The number of hydrogen-bond donors (Lipinski definition) is 1. The number of phenols is 1. The Kier molecular flexibility index (Phi) is 6.37. The van der Waals surface area contributed by atoms with Crippen LogP contribution < -0.4 is 0 Å². The van der Waals surface area contributed by atoms with E-state index in [0.29, 0.717) is 5.75 Å². The molecule has 1 unspecified atom stereocenters. The Morgan fingerprint density at radius 2 is 1.54 bits per heavy atom. The lowest BCUT2D eigenvalue weighted by Gasteiger charge is -2.28. The van der Waals surface area contributed by atoms with Gasteiger partial charge < -0.3 is 10.0 Å². The lowest BCUT2D eigenvalue weighted by Crippen LogP contribution is -2.33. The summed E-state index contributed by atoms with van der Waals surface area (Å²) in [5.74, 6) is 1.48. The third-order valence-corrected chi connectivity index (χ3v) is 6.27. The average Bonchev–Trinajstić information content (AvgIpc) is 3.04. The summed E-state index contributed by atoms with van der Waals surface area (Å²) in [6.45, 7) is 16.6. The van der Waals surface area contributed by atoms with Gasteiger partial charge in [-0.05, 0) is 35.8 Å². The molecule has 0 aliphatic carbocycles. The van der Waals surface area contributed by atoms with Crippen molar-refractivity contribution in [3.8, 4) is 5.75 Å². The molecule has 1 aromatic rings. The fourth-order valence-electron chi connectivity index (χ4n) is 3.38. The number of amides is 1. The normalized spacial score (nSPS) is 16.8. The molecule has 3 nitrogen and oxygen atoms in total. The van der Waals surface area contributed by atoms with Gasteiger partial charge in [-0.1, -0.05) is 48.5 Å². The third-order valence-electron chi connectivity index (χ3n) is 5.04. The quantitative estimate of drug-likeness (QED) is 0.720. The van der Waals surface area contributed by atoms with Gasteiger partial charge in [-0.2, -0.15) is 0 Å². The van der Waals surface area contributed by atoms with Gasteiger partial charge in [0.2, 0.25) is 5.91 Å². The van der Waals surface area contributed by atoms with Crippen molar-refractivity contribution in [1.29, 1.82) is 0 Å². The predicted molar refractivity (Wildman–Crippen MR) is 111 cm³/mol. The molecule has 1 aliphatic heterocycles. The van der Waals surface area contributed by atoms with E-state index < -0.39 is 0 Å². The Bertz CT molecular complexity index is 614. The minimum atomic E-state index is -0.127. The SMILES string of the molecule is CC(CSc1cc(C(C)(C)C)c(O)c(C(C)(C)C)c1)C(=O)N1CCCC1. The van der Waals surface area contributed by atoms with Gasteiger partial charge in [-0.3, -0.25) is 4.79 Å². The van der Waals surface area contributed by atoms with Crippen LogP contribution in [0.4, 0.5) is 0 Å². The molecule has 26 heavy (non-hydrogen) atoms. The minimum absolute atomic E-state index is 0.0167. The van der Waals surface area contributed by atoms with Crippen molar-refractivity contribution in [3.63, 3.8) is 0 Å². The first-order valence-corrected chi connectivity index (χ1v) is 10.7. The number of nitrogens with zero attached hydrogens (tertiary/aromatic N) is 1. The van der Waals surface area contributed by atoms with E-state index >= 15 is 0 Å². The molecule has 4 heteroatoms. The maximum absolute atomic E-state index is 12.5. The Morgan fingerprint density at radius 3 is 1.96 bits per heavy atom. The second-order valence-electron chi connectivity index (χ2n) is 9.61. The van der Waals surface area contributed by atoms with E-state index in [0.717, 1.165) is 47.7 Å². The molecule has 1 N–H and O–H groups in total. The minimum Gasteiger partial charge on any atom is -0.507 e. The van der Waals surface area contributed by atoms with Gasteiger partial charge in [0.1, 0.15) is 5.75 Å². The van der Waals surface area contributed by atoms with E-state index in [2.05, 4.69) is 53.7 Å². The molecule has 1 heterocycles. The van der Waals surface area contributed by atoms with Crippen molar-refractivity contribution in [2.75, 3.05) is 18.8 Å². The molecule has 1 aromatic carbocycles. The van der Waals surface area contributed by atoms with Crippen LogP contribution in [0.5, 0.6) is 5.75 Å². The van der Waals surface area contributed by atoms with Crippen molar-refractivity contribution >= 4 is 17.7 Å². The maximum atomic E-state index is 12.5. The highest BCUT2D eigenvalue weighted by Crippen LogP contribution is 2.42. The van der Waals surface area contributed by atoms with Crippen LogP contribution in [-0.4, -0.2) is 34.8 Å². The molecule has 2 rings (SSSR count). The monoisotopic (exact) mass is 377 g/mol. The number of hydrogen-bond acceptors (Lipinski definition) is 3. The van der Waals surface area contributed by atoms with Crippen molar-refractivity contribution < 1.29 is 9.90 Å². The van der Waals surface area contributed by atoms with Crippen molar-refractivity contribution in [2.24, 2.45) is 5.92 Å². The first kappa shape index (κ1) is 21.1. The van der Waals surface area contributed by atoms with Crippen LogP contribution in [0, 0.1) is 5.92 Å². The summed E-state index contributed by atoms with van der Waals surface area (Å²) in [6.07, 6.45) is 2.26. The van der Waals surface area contributed by atoms with Crippen LogP contribution in [0.15, 0.2) is 17.0 Å². The first-order chi connectivity index (χ1) is 11.9. The second-order valence-corrected chi connectivity index (χ2v) is 10.7. The van der Waals surface area contributed by atoms with Gasteiger partial charge in [-0.15, -0.1) is 11.8 Å². The Labute approximate surface area is 163 Å². The zero-order chi connectivity index (χ0) is 19.7. The molecule has 0 aromatic heterocycles. The molecular formula is C22H35NO2S. The van der Waals surface area contributed by atoms with Crippen LogP contribution >= 0.6 is 11.8 Å². The summed E-state index contributed by atoms with van der Waals surface area (Å²) >= 11 is 1.73. The summed E-state index contributed by atoms with van der Waals surface area (Å²) in [7, 11) is 0. The number of rotatable bonds is 4. The van der Waals surface area contributed by atoms with Crippen LogP contribution in [-0.2, 0) is 15.6 Å². The van der Waals surface area contributed by atoms with E-state index in [1.807, 2.05) is 11.8 Å². The van der Waals surface area contributed by atoms with Crippen molar-refractivity contribution in [3.05, 3.63) is 23.3 Å². The number of carbonyl (C=O) groups excluding carboxylic acids is 1. The van der Waals surface area contributed by atoms with Gasteiger partial charge >= 0.3 is 0 Å². The zero-order valence-electron chi connectivity index (χ0n) is 17.5. The number of aromatic hydroxyl groups is 1. The zero-order valence-corrected chi connectivity index (χ0v) is 18.3. The van der Waals surface area contributed by atoms with Crippen LogP contribution in [0.25, 0.3) is 0 Å². The standard InChI is InChI=1S/C22H35NO2S/c1-15(20(25)23-10-8-9-11-23)14-26-16-12-17(21(2,3)4)19(24)18(13-16)22(5,6)7/h12-13,15,24H,8-11,14H2,1-7H3. The number of likely N-dealkylation sites (tertiary alicyclic amines) is 1. The molecule has 1 fully saturated rings. The lowest BCUT2D eigenvalue weighted by molar-refractivity contribution is -0.133. The molecule has 0 spiro atoms. The summed E-state index contributed by atoms with van der Waals surface area (Å²) in [5.41, 5.74) is 1.70. The molecule has 1 atom stereocenters. The molecule has 1 aliphatic rings. The summed E-state index contributed by atoms with van der Waals surface area (Å²) in [5, 5.41) is 10.8. The fourth-order valence-corrected chi connectivity index (χ4v) is 4.36. The number of phenolic OH excluding ortho intramolecular Hbond substituents is 1. The second kappa shape index (κ2) is 7.84. The molecule has 0 bridgehead atoms. The van der Waals surface area contributed by atoms with Gasteiger partial charge in [0.15, 0.2) is 0 Å². The van der Waals surface area contributed by atoms with E-state index in [9.17, 15) is 9.90 Å². The molecule has 146 valence electrons. The third kappa shape index (κ3) is 4.97. The fraction of sp³-hybridized carbons (Fsp3) is 0.682. The van der Waals surface area contributed by atoms with Gasteiger partial charge in [0.25, 0.3) is 0 Å². The Balaban J connectivity index is 2.22. The van der Waals surface area contributed by atoms with Crippen molar-refractivity contribution in [2.45, 2.75) is 77.0 Å². The molecule has 1 amide bonds. The molecule has 1 saturated heterocycles. The van der Waals surface area contributed by atoms with E-state index in [1.54, 1.807) is 11.8 Å². The van der Waals surface area contributed by atoms with Crippen LogP contribution in [0.1, 0.15) is 72.4 Å². The Hall–Kier alpha value is -1.16. The summed E-state index contributed by atoms with van der Waals surface area (Å²) < 4.78 is 0. The van der Waals surface area contributed by atoms with E-state index in [1.165, 1.54) is 0 Å². The number of thioether (sulfide) groups is 1.